The normalized spacial score (nSPS) is 17.4. The van der Waals surface area contributed by atoms with Gasteiger partial charge < -0.3 is 5.32 Å². The van der Waals surface area contributed by atoms with Crippen LogP contribution in [0.15, 0.2) is 30.3 Å². The Labute approximate surface area is 116 Å². The van der Waals surface area contributed by atoms with Crippen molar-refractivity contribution in [3.05, 3.63) is 35.9 Å². The topological polar surface area (TPSA) is 12.0 Å². The van der Waals surface area contributed by atoms with Gasteiger partial charge >= 0.3 is 5.51 Å². The molecule has 0 amide bonds. The van der Waals surface area contributed by atoms with E-state index in [9.17, 15) is 13.2 Å². The van der Waals surface area contributed by atoms with E-state index in [-0.39, 0.29) is 23.4 Å². The molecule has 1 fully saturated rings. The van der Waals surface area contributed by atoms with Crippen LogP contribution >= 0.6 is 11.8 Å². The number of thioether (sulfide) groups is 1. The van der Waals surface area contributed by atoms with Crippen molar-refractivity contribution in [2.75, 3.05) is 12.3 Å². The predicted molar refractivity (Wildman–Crippen MR) is 73.3 cm³/mol. The highest BCUT2D eigenvalue weighted by atomic mass is 32.2. The van der Waals surface area contributed by atoms with Gasteiger partial charge in [0.15, 0.2) is 0 Å². The van der Waals surface area contributed by atoms with Crippen molar-refractivity contribution in [1.29, 1.82) is 0 Å². The summed E-state index contributed by atoms with van der Waals surface area (Å²) in [5.41, 5.74) is -3.00. The summed E-state index contributed by atoms with van der Waals surface area (Å²) in [5.74, 6) is 0.284. The lowest BCUT2D eigenvalue weighted by molar-refractivity contribution is -0.0328. The molecular weight excluding hydrogens is 271 g/mol. The summed E-state index contributed by atoms with van der Waals surface area (Å²) >= 11 is 0.0787. The van der Waals surface area contributed by atoms with E-state index in [0.29, 0.717) is 12.5 Å². The van der Waals surface area contributed by atoms with Crippen molar-refractivity contribution in [2.24, 2.45) is 0 Å². The molecule has 1 aromatic rings. The van der Waals surface area contributed by atoms with Gasteiger partial charge in [-0.15, -0.1) is 0 Å². The van der Waals surface area contributed by atoms with Crippen LogP contribution in [0.1, 0.15) is 30.7 Å². The average Bonchev–Trinajstić information content (AvgIpc) is 3.17. The van der Waals surface area contributed by atoms with Gasteiger partial charge in [0.25, 0.3) is 0 Å². The standard InChI is InChI=1S/C14H18F3NS/c15-14(16,17)19-9-8-12(10-18-13-6-7-13)11-4-2-1-3-5-11/h1-5,12-13,18H,6-10H2. The Morgan fingerprint density at radius 1 is 1.21 bits per heavy atom. The first kappa shape index (κ1) is 14.7. The minimum absolute atomic E-state index is 0.0787. The average molecular weight is 289 g/mol. The van der Waals surface area contributed by atoms with Gasteiger partial charge in [0, 0.05) is 18.3 Å². The molecule has 0 saturated heterocycles. The van der Waals surface area contributed by atoms with Crippen molar-refractivity contribution in [1.82, 2.24) is 5.32 Å². The van der Waals surface area contributed by atoms with E-state index in [1.54, 1.807) is 0 Å². The zero-order valence-electron chi connectivity index (χ0n) is 10.6. The smallest absolute Gasteiger partial charge is 0.313 e. The number of halogens is 3. The molecule has 0 aliphatic heterocycles. The van der Waals surface area contributed by atoms with Crippen LogP contribution in [0.4, 0.5) is 13.2 Å². The third-order valence-electron chi connectivity index (χ3n) is 3.23. The third-order valence-corrected chi connectivity index (χ3v) is 4.00. The largest absolute Gasteiger partial charge is 0.441 e. The summed E-state index contributed by atoms with van der Waals surface area (Å²) in [6.07, 6.45) is 2.94. The van der Waals surface area contributed by atoms with Gasteiger partial charge in [0.1, 0.15) is 0 Å². The van der Waals surface area contributed by atoms with Gasteiger partial charge in [-0.2, -0.15) is 13.2 Å². The Kier molecular flexibility index (Phi) is 5.16. The van der Waals surface area contributed by atoms with Crippen LogP contribution in [0.3, 0.4) is 0 Å². The molecular formula is C14H18F3NS. The SMILES string of the molecule is FC(F)(F)SCCC(CNC1CC1)c1ccccc1. The zero-order valence-corrected chi connectivity index (χ0v) is 11.4. The molecule has 0 heterocycles. The molecule has 5 heteroatoms. The van der Waals surface area contributed by atoms with Gasteiger partial charge in [-0.25, -0.2) is 0 Å². The maximum Gasteiger partial charge on any atom is 0.441 e. The fraction of sp³-hybridized carbons (Fsp3) is 0.571. The van der Waals surface area contributed by atoms with Gasteiger partial charge in [0.05, 0.1) is 0 Å². The number of benzene rings is 1. The number of hydrogen-bond acceptors (Lipinski definition) is 2. The Morgan fingerprint density at radius 2 is 1.89 bits per heavy atom. The van der Waals surface area contributed by atoms with Crippen LogP contribution in [0.25, 0.3) is 0 Å². The third kappa shape index (κ3) is 5.87. The van der Waals surface area contributed by atoms with E-state index >= 15 is 0 Å². The van der Waals surface area contributed by atoms with Gasteiger partial charge in [-0.05, 0) is 30.7 Å². The van der Waals surface area contributed by atoms with Crippen molar-refractivity contribution in [3.63, 3.8) is 0 Å². The molecule has 1 unspecified atom stereocenters. The number of alkyl halides is 3. The predicted octanol–water partition coefficient (Wildman–Crippen LogP) is 4.17. The number of nitrogens with one attached hydrogen (secondary N) is 1. The van der Waals surface area contributed by atoms with Crippen LogP contribution in [-0.2, 0) is 0 Å². The fourth-order valence-electron chi connectivity index (χ4n) is 2.03. The summed E-state index contributed by atoms with van der Waals surface area (Å²) in [4.78, 5) is 0. The maximum atomic E-state index is 12.2. The first-order valence-corrected chi connectivity index (χ1v) is 7.52. The highest BCUT2D eigenvalue weighted by molar-refractivity contribution is 8.00. The Morgan fingerprint density at radius 3 is 2.47 bits per heavy atom. The molecule has 0 bridgehead atoms. The second-order valence-corrected chi connectivity index (χ2v) is 6.03. The lowest BCUT2D eigenvalue weighted by atomic mass is 9.96. The first-order valence-electron chi connectivity index (χ1n) is 6.53. The number of hydrogen-bond donors (Lipinski definition) is 1. The van der Waals surface area contributed by atoms with Crippen molar-refractivity contribution >= 4 is 11.8 Å². The summed E-state index contributed by atoms with van der Waals surface area (Å²) in [5, 5.41) is 3.41. The minimum Gasteiger partial charge on any atom is -0.313 e. The molecule has 1 saturated carbocycles. The quantitative estimate of drug-likeness (QED) is 0.808. The molecule has 1 aliphatic carbocycles. The maximum absolute atomic E-state index is 12.2. The molecule has 0 spiro atoms. The van der Waals surface area contributed by atoms with Crippen LogP contribution < -0.4 is 5.32 Å². The fourth-order valence-corrected chi connectivity index (χ4v) is 2.66. The Bertz CT molecular complexity index is 376. The lowest BCUT2D eigenvalue weighted by Crippen LogP contribution is -2.24. The summed E-state index contributed by atoms with van der Waals surface area (Å²) in [7, 11) is 0. The summed E-state index contributed by atoms with van der Waals surface area (Å²) < 4.78 is 36.5. The van der Waals surface area contributed by atoms with Gasteiger partial charge in [-0.1, -0.05) is 42.1 Å². The highest BCUT2D eigenvalue weighted by Crippen LogP contribution is 2.33. The molecule has 0 aromatic heterocycles. The first-order chi connectivity index (χ1) is 9.04. The summed E-state index contributed by atoms with van der Waals surface area (Å²) in [6.45, 7) is 0.771. The van der Waals surface area contributed by atoms with Crippen LogP contribution in [0, 0.1) is 0 Å². The van der Waals surface area contributed by atoms with Gasteiger partial charge in [0.2, 0.25) is 0 Å². The highest BCUT2D eigenvalue weighted by Gasteiger charge is 2.28. The molecule has 1 aromatic carbocycles. The zero-order chi connectivity index (χ0) is 13.7. The lowest BCUT2D eigenvalue weighted by Gasteiger charge is -2.18. The van der Waals surface area contributed by atoms with E-state index in [0.717, 1.165) is 12.1 Å². The van der Waals surface area contributed by atoms with E-state index in [4.69, 9.17) is 0 Å². The summed E-state index contributed by atoms with van der Waals surface area (Å²) in [6, 6.07) is 10.4. The van der Waals surface area contributed by atoms with Gasteiger partial charge in [-0.3, -0.25) is 0 Å². The van der Waals surface area contributed by atoms with E-state index in [2.05, 4.69) is 5.32 Å². The number of rotatable bonds is 7. The van der Waals surface area contributed by atoms with E-state index in [1.807, 2.05) is 30.3 Å². The molecule has 1 N–H and O–H groups in total. The molecule has 1 aliphatic rings. The molecule has 0 radical (unpaired) electrons. The Hall–Kier alpha value is -0.680. The van der Waals surface area contributed by atoms with Crippen molar-refractivity contribution < 1.29 is 13.2 Å². The van der Waals surface area contributed by atoms with E-state index < -0.39 is 5.51 Å². The molecule has 106 valence electrons. The van der Waals surface area contributed by atoms with Crippen LogP contribution in [-0.4, -0.2) is 23.8 Å². The molecule has 1 nitrogen and oxygen atoms in total. The van der Waals surface area contributed by atoms with E-state index in [1.165, 1.54) is 12.8 Å². The second kappa shape index (κ2) is 6.66. The molecule has 1 atom stereocenters. The molecule has 19 heavy (non-hydrogen) atoms. The minimum atomic E-state index is -4.12. The second-order valence-electron chi connectivity index (χ2n) is 4.87. The van der Waals surface area contributed by atoms with Crippen molar-refractivity contribution in [2.45, 2.75) is 36.7 Å². The van der Waals surface area contributed by atoms with Crippen molar-refractivity contribution in [3.8, 4) is 0 Å². The van der Waals surface area contributed by atoms with Crippen LogP contribution in [0.5, 0.6) is 0 Å². The molecule has 2 rings (SSSR count). The van der Waals surface area contributed by atoms with Crippen LogP contribution in [0.2, 0.25) is 0 Å². The Balaban J connectivity index is 1.86. The monoisotopic (exact) mass is 289 g/mol.